The van der Waals surface area contributed by atoms with Gasteiger partial charge >= 0.3 is 0 Å². The molecule has 1 aromatic carbocycles. The number of carbonyl (C=O) groups excluding carboxylic acids is 2. The number of rotatable bonds is 4. The lowest BCUT2D eigenvalue weighted by Gasteiger charge is -2.45. The summed E-state index contributed by atoms with van der Waals surface area (Å²) in [6, 6.07) is 8.12. The molecule has 6 nitrogen and oxygen atoms in total. The number of piperidine rings is 1. The summed E-state index contributed by atoms with van der Waals surface area (Å²) in [4.78, 5) is 27.1. The van der Waals surface area contributed by atoms with Crippen molar-refractivity contribution >= 4 is 22.7 Å². The van der Waals surface area contributed by atoms with E-state index in [4.69, 9.17) is 0 Å². The molecule has 33 heavy (non-hydrogen) atoms. The number of aromatic nitrogens is 1. The Morgan fingerprint density at radius 3 is 2.42 bits per heavy atom. The maximum Gasteiger partial charge on any atom is 0.224 e. The second kappa shape index (κ2) is 8.79. The third kappa shape index (κ3) is 4.18. The smallest absolute Gasteiger partial charge is 0.224 e. The third-order valence-corrected chi connectivity index (χ3v) is 8.28. The molecule has 3 aliphatic rings. The van der Waals surface area contributed by atoms with Crippen LogP contribution in [0, 0.1) is 5.92 Å². The van der Waals surface area contributed by atoms with Gasteiger partial charge in [-0.15, -0.1) is 0 Å². The van der Waals surface area contributed by atoms with Gasteiger partial charge in [0.2, 0.25) is 11.8 Å². The highest BCUT2D eigenvalue weighted by Gasteiger charge is 2.42. The van der Waals surface area contributed by atoms with Gasteiger partial charge in [-0.05, 0) is 76.6 Å². The predicted molar refractivity (Wildman–Crippen MR) is 131 cm³/mol. The van der Waals surface area contributed by atoms with Crippen molar-refractivity contribution in [3.05, 3.63) is 35.5 Å². The van der Waals surface area contributed by atoms with Gasteiger partial charge in [0.15, 0.2) is 0 Å². The van der Waals surface area contributed by atoms with Crippen molar-refractivity contribution in [2.45, 2.75) is 89.4 Å². The van der Waals surface area contributed by atoms with E-state index in [0.29, 0.717) is 18.0 Å². The van der Waals surface area contributed by atoms with E-state index in [1.807, 2.05) is 0 Å². The van der Waals surface area contributed by atoms with Gasteiger partial charge in [0, 0.05) is 60.7 Å². The SMILES string of the molecule is CC(=O)NC1CCC(NC(=O)[C@@H]2C[C@@H]3c4cccc5c4c(cn5C(C)C)C[C@H]3N(C)C2)CC1. The highest BCUT2D eigenvalue weighted by molar-refractivity contribution is 5.89. The van der Waals surface area contributed by atoms with Crippen LogP contribution in [0.1, 0.15) is 76.0 Å². The predicted octanol–water partition coefficient (Wildman–Crippen LogP) is 3.75. The van der Waals surface area contributed by atoms with Crippen LogP contribution >= 0.6 is 0 Å². The fourth-order valence-electron chi connectivity index (χ4n) is 6.68. The molecule has 2 amide bonds. The molecule has 1 aromatic heterocycles. The molecule has 0 spiro atoms. The van der Waals surface area contributed by atoms with Gasteiger partial charge in [-0.1, -0.05) is 12.1 Å². The second-order valence-electron chi connectivity index (χ2n) is 10.9. The van der Waals surface area contributed by atoms with E-state index in [2.05, 4.69) is 65.4 Å². The van der Waals surface area contributed by atoms with Crippen molar-refractivity contribution < 1.29 is 9.59 Å². The van der Waals surface area contributed by atoms with Crippen molar-refractivity contribution in [3.8, 4) is 0 Å². The first-order valence-electron chi connectivity index (χ1n) is 12.7. The molecular formula is C27H38N4O2. The Kier molecular flexibility index (Phi) is 5.98. The molecule has 3 atom stereocenters. The van der Waals surface area contributed by atoms with Gasteiger partial charge in [-0.3, -0.25) is 9.59 Å². The maximum absolute atomic E-state index is 13.3. The van der Waals surface area contributed by atoms with Crippen LogP contribution in [0.2, 0.25) is 0 Å². The molecule has 0 unspecified atom stereocenters. The van der Waals surface area contributed by atoms with Crippen molar-refractivity contribution in [1.82, 2.24) is 20.1 Å². The van der Waals surface area contributed by atoms with Gasteiger partial charge < -0.3 is 20.1 Å². The molecule has 2 aliphatic carbocycles. The van der Waals surface area contributed by atoms with E-state index in [1.54, 1.807) is 6.92 Å². The summed E-state index contributed by atoms with van der Waals surface area (Å²) >= 11 is 0. The topological polar surface area (TPSA) is 66.4 Å². The fraction of sp³-hybridized carbons (Fsp3) is 0.630. The van der Waals surface area contributed by atoms with Gasteiger partial charge in [-0.25, -0.2) is 0 Å². The number of hydrogen-bond donors (Lipinski definition) is 2. The zero-order valence-corrected chi connectivity index (χ0v) is 20.4. The summed E-state index contributed by atoms with van der Waals surface area (Å²) in [5, 5.41) is 7.81. The highest BCUT2D eigenvalue weighted by Crippen LogP contribution is 2.45. The number of benzene rings is 1. The molecule has 0 radical (unpaired) electrons. The van der Waals surface area contributed by atoms with Crippen LogP contribution in [-0.2, 0) is 16.0 Å². The molecule has 1 saturated heterocycles. The molecular weight excluding hydrogens is 412 g/mol. The monoisotopic (exact) mass is 450 g/mol. The van der Waals surface area contributed by atoms with Crippen LogP contribution in [0.3, 0.4) is 0 Å². The Morgan fingerprint density at radius 1 is 1.06 bits per heavy atom. The van der Waals surface area contributed by atoms with Gasteiger partial charge in [0.25, 0.3) is 0 Å². The van der Waals surface area contributed by atoms with Crippen molar-refractivity contribution in [1.29, 1.82) is 0 Å². The fourth-order valence-corrected chi connectivity index (χ4v) is 6.68. The number of likely N-dealkylation sites (tertiary alicyclic amines) is 1. The first-order valence-corrected chi connectivity index (χ1v) is 12.7. The lowest BCUT2D eigenvalue weighted by molar-refractivity contribution is -0.128. The van der Waals surface area contributed by atoms with E-state index in [9.17, 15) is 9.59 Å². The first-order chi connectivity index (χ1) is 15.8. The lowest BCUT2D eigenvalue weighted by Crippen LogP contribution is -2.53. The molecule has 2 heterocycles. The number of carbonyl (C=O) groups is 2. The van der Waals surface area contributed by atoms with E-state index in [-0.39, 0.29) is 29.8 Å². The Labute approximate surface area is 197 Å². The molecule has 178 valence electrons. The molecule has 2 aromatic rings. The zero-order chi connectivity index (χ0) is 23.3. The molecule has 2 N–H and O–H groups in total. The number of nitrogens with one attached hydrogen (secondary N) is 2. The standard InChI is InChI=1S/C27H38N4O2/c1-16(2)31-15-18-13-25-23(22-6-5-7-24(31)26(18)22)12-19(14-30(25)4)27(33)29-21-10-8-20(9-11-21)28-17(3)32/h5-7,15-16,19-21,23,25H,8-14H2,1-4H3,(H,28,32)(H,29,33)/t19-,20?,21?,23-,25-/m1/s1. The largest absolute Gasteiger partial charge is 0.354 e. The first kappa shape index (κ1) is 22.5. The quantitative estimate of drug-likeness (QED) is 0.746. The molecule has 1 saturated carbocycles. The second-order valence-corrected chi connectivity index (χ2v) is 10.9. The van der Waals surface area contributed by atoms with Gasteiger partial charge in [-0.2, -0.15) is 0 Å². The summed E-state index contributed by atoms with van der Waals surface area (Å²) in [5.74, 6) is 0.667. The normalized spacial score (nSPS) is 29.7. The summed E-state index contributed by atoms with van der Waals surface area (Å²) in [7, 11) is 2.19. The number of fused-ring (bicyclic) bond motifs is 2. The van der Waals surface area contributed by atoms with Crippen LogP contribution in [-0.4, -0.2) is 53.0 Å². The average Bonchev–Trinajstić information content (AvgIpc) is 3.15. The number of hydrogen-bond acceptors (Lipinski definition) is 3. The van der Waals surface area contributed by atoms with Crippen LogP contribution in [0.4, 0.5) is 0 Å². The van der Waals surface area contributed by atoms with Crippen LogP contribution in [0.25, 0.3) is 10.9 Å². The highest BCUT2D eigenvalue weighted by atomic mass is 16.2. The van der Waals surface area contributed by atoms with Gasteiger partial charge in [0.05, 0.1) is 5.92 Å². The number of amides is 2. The minimum Gasteiger partial charge on any atom is -0.354 e. The summed E-state index contributed by atoms with van der Waals surface area (Å²) < 4.78 is 2.41. The third-order valence-electron chi connectivity index (χ3n) is 8.28. The van der Waals surface area contributed by atoms with Crippen molar-refractivity contribution in [3.63, 3.8) is 0 Å². The number of likely N-dealkylation sites (N-methyl/N-ethyl adjacent to an activating group) is 1. The van der Waals surface area contributed by atoms with Crippen LogP contribution < -0.4 is 10.6 Å². The van der Waals surface area contributed by atoms with Crippen LogP contribution in [0.5, 0.6) is 0 Å². The summed E-state index contributed by atoms with van der Waals surface area (Å²) in [6.45, 7) is 6.89. The van der Waals surface area contributed by atoms with Gasteiger partial charge in [0.1, 0.15) is 0 Å². The molecule has 1 aliphatic heterocycles. The van der Waals surface area contributed by atoms with E-state index < -0.39 is 0 Å². The molecule has 2 fully saturated rings. The minimum absolute atomic E-state index is 0.0216. The Bertz CT molecular complexity index is 1050. The number of nitrogens with zero attached hydrogens (tertiary/aromatic N) is 2. The van der Waals surface area contributed by atoms with Crippen molar-refractivity contribution in [2.24, 2.45) is 5.92 Å². The Morgan fingerprint density at radius 2 is 1.76 bits per heavy atom. The van der Waals surface area contributed by atoms with Crippen molar-refractivity contribution in [2.75, 3.05) is 13.6 Å². The van der Waals surface area contributed by atoms with Crippen LogP contribution in [0.15, 0.2) is 24.4 Å². The van der Waals surface area contributed by atoms with E-state index in [1.165, 1.54) is 22.0 Å². The van der Waals surface area contributed by atoms with E-state index >= 15 is 0 Å². The zero-order valence-electron chi connectivity index (χ0n) is 20.4. The maximum atomic E-state index is 13.3. The summed E-state index contributed by atoms with van der Waals surface area (Å²) in [5.41, 5.74) is 4.22. The Hall–Kier alpha value is -2.34. The van der Waals surface area contributed by atoms with E-state index in [0.717, 1.165) is 45.1 Å². The molecule has 6 heteroatoms. The summed E-state index contributed by atoms with van der Waals surface area (Å²) in [6.07, 6.45) is 8.12. The minimum atomic E-state index is 0.0216. The average molecular weight is 451 g/mol. The molecule has 5 rings (SSSR count). The molecule has 0 bridgehead atoms. The lowest BCUT2D eigenvalue weighted by atomic mass is 9.72. The Balaban J connectivity index is 1.31.